The molecule has 0 bridgehead atoms. The molecule has 0 heterocycles. The zero-order chi connectivity index (χ0) is 17.4. The van der Waals surface area contributed by atoms with Crippen molar-refractivity contribution in [3.8, 4) is 0 Å². The van der Waals surface area contributed by atoms with E-state index in [1.807, 2.05) is 46.0 Å². The Balaban J connectivity index is 0. The summed E-state index contributed by atoms with van der Waals surface area (Å²) in [6.07, 6.45) is 6.19. The number of aliphatic imine (C=N–C) groups is 2. The Morgan fingerprint density at radius 2 is 1.91 bits per heavy atom. The summed E-state index contributed by atoms with van der Waals surface area (Å²) in [6, 6.07) is 5.28. The van der Waals surface area contributed by atoms with Gasteiger partial charge in [0.1, 0.15) is 12.2 Å². The summed E-state index contributed by atoms with van der Waals surface area (Å²) < 4.78 is 13.4. The molecule has 0 fully saturated rings. The van der Waals surface area contributed by atoms with E-state index >= 15 is 0 Å². The maximum Gasteiger partial charge on any atom is 0.130 e. The van der Waals surface area contributed by atoms with Crippen molar-refractivity contribution >= 4 is 18.1 Å². The third-order valence-electron chi connectivity index (χ3n) is 2.53. The summed E-state index contributed by atoms with van der Waals surface area (Å²) in [5.74, 6) is -0.154. The van der Waals surface area contributed by atoms with Crippen molar-refractivity contribution in [2.75, 3.05) is 7.05 Å². The molecule has 0 aliphatic carbocycles. The van der Waals surface area contributed by atoms with Gasteiger partial charge >= 0.3 is 0 Å². The first kappa shape index (κ1) is 22.5. The molecule has 0 aromatic heterocycles. The van der Waals surface area contributed by atoms with E-state index in [0.29, 0.717) is 5.56 Å². The topological polar surface area (TPSA) is 24.7 Å². The lowest BCUT2D eigenvalue weighted by molar-refractivity contribution is 0.622. The second-order valence-corrected chi connectivity index (χ2v) is 4.45. The Morgan fingerprint density at radius 3 is 2.36 bits per heavy atom. The van der Waals surface area contributed by atoms with Gasteiger partial charge in [-0.3, -0.25) is 4.99 Å². The van der Waals surface area contributed by atoms with Crippen LogP contribution in [0.5, 0.6) is 0 Å². The molecule has 0 unspecified atom stereocenters. The minimum atomic E-state index is -0.154. The molecule has 0 amide bonds. The molecule has 1 aromatic rings. The highest BCUT2D eigenvalue weighted by Gasteiger charge is 2.04. The Hall–Kier alpha value is -1.77. The molecule has 0 N–H and O–H groups in total. The fourth-order valence-electron chi connectivity index (χ4n) is 1.56. The number of nitrogens with zero attached hydrogens (tertiary/aromatic N) is 2. The van der Waals surface area contributed by atoms with E-state index in [0.717, 1.165) is 30.4 Å². The van der Waals surface area contributed by atoms with Crippen LogP contribution in [0.2, 0.25) is 0 Å². The smallest absolute Gasteiger partial charge is 0.130 e. The third-order valence-corrected chi connectivity index (χ3v) is 2.53. The molecule has 0 saturated heterocycles. The zero-order valence-electron chi connectivity index (χ0n) is 15.0. The van der Waals surface area contributed by atoms with Crippen molar-refractivity contribution in [2.24, 2.45) is 9.98 Å². The van der Waals surface area contributed by atoms with E-state index in [2.05, 4.69) is 23.5 Å². The zero-order valence-corrected chi connectivity index (χ0v) is 15.0. The van der Waals surface area contributed by atoms with E-state index in [1.54, 1.807) is 13.1 Å². The summed E-state index contributed by atoms with van der Waals surface area (Å²) in [6.45, 7) is 13.9. The highest BCUT2D eigenvalue weighted by atomic mass is 19.1. The second-order valence-electron chi connectivity index (χ2n) is 4.45. The molecule has 2 nitrogen and oxygen atoms in total. The van der Waals surface area contributed by atoms with E-state index < -0.39 is 0 Å². The van der Waals surface area contributed by atoms with E-state index in [9.17, 15) is 4.39 Å². The van der Waals surface area contributed by atoms with E-state index in [1.165, 1.54) is 6.34 Å². The molecule has 1 aromatic carbocycles. The van der Waals surface area contributed by atoms with Gasteiger partial charge in [0.05, 0.1) is 0 Å². The molecule has 0 aliphatic heterocycles. The maximum absolute atomic E-state index is 13.4. The lowest BCUT2D eigenvalue weighted by atomic mass is 10.0. The lowest BCUT2D eigenvalue weighted by Crippen LogP contribution is -1.89. The number of benzene rings is 1. The molecule has 3 heteroatoms. The van der Waals surface area contributed by atoms with Gasteiger partial charge in [-0.05, 0) is 37.0 Å². The normalized spacial score (nSPS) is 9.95. The van der Waals surface area contributed by atoms with E-state index in [4.69, 9.17) is 0 Å². The van der Waals surface area contributed by atoms with Gasteiger partial charge < -0.3 is 0 Å². The van der Waals surface area contributed by atoms with Crippen molar-refractivity contribution in [1.29, 1.82) is 0 Å². The average molecular weight is 306 g/mol. The summed E-state index contributed by atoms with van der Waals surface area (Å²) in [5.41, 5.74) is 2.50. The van der Waals surface area contributed by atoms with Crippen LogP contribution in [0, 0.1) is 12.7 Å². The van der Waals surface area contributed by atoms with Gasteiger partial charge in [0.25, 0.3) is 0 Å². The van der Waals surface area contributed by atoms with Gasteiger partial charge in [-0.15, -0.1) is 0 Å². The second kappa shape index (κ2) is 15.6. The van der Waals surface area contributed by atoms with Crippen molar-refractivity contribution in [3.63, 3.8) is 0 Å². The Labute approximate surface area is 135 Å². The van der Waals surface area contributed by atoms with Gasteiger partial charge in [-0.1, -0.05) is 52.8 Å². The number of rotatable bonds is 5. The van der Waals surface area contributed by atoms with Gasteiger partial charge in [-0.25, -0.2) is 9.38 Å². The van der Waals surface area contributed by atoms with Crippen LogP contribution in [0.25, 0.3) is 5.57 Å². The molecule has 124 valence electrons. The largest absolute Gasteiger partial charge is 0.277 e. The van der Waals surface area contributed by atoms with Crippen LogP contribution in [-0.4, -0.2) is 19.6 Å². The standard InChI is InChI=1S/C12H15F.C5H10N2.C2H6/c1-4-5-10(3)11-7-6-9(2)8-12(11)13;1-3-4-7-5-6-2;1-2/h6-8H,3-5H2,1-2H3;4-5H,3H2,1-2H3;1-2H3. The highest BCUT2D eigenvalue weighted by Crippen LogP contribution is 2.21. The first-order chi connectivity index (χ1) is 10.6. The Kier molecular flexibility index (Phi) is 16.0. The Bertz CT molecular complexity index is 463. The predicted octanol–water partition coefficient (Wildman–Crippen LogP) is 6.10. The number of halogens is 1. The van der Waals surface area contributed by atoms with Gasteiger partial charge in [0, 0.05) is 18.8 Å². The first-order valence-electron chi connectivity index (χ1n) is 7.93. The molecular formula is C19H31FN2. The molecule has 0 saturated carbocycles. The number of allylic oxidation sites excluding steroid dienone is 1. The predicted molar refractivity (Wildman–Crippen MR) is 99.6 cm³/mol. The minimum absolute atomic E-state index is 0.154. The minimum Gasteiger partial charge on any atom is -0.277 e. The van der Waals surface area contributed by atoms with Crippen molar-refractivity contribution < 1.29 is 4.39 Å². The van der Waals surface area contributed by atoms with Gasteiger partial charge in [-0.2, -0.15) is 0 Å². The number of hydrogen-bond donors (Lipinski definition) is 0. The van der Waals surface area contributed by atoms with Crippen molar-refractivity contribution in [3.05, 3.63) is 41.7 Å². The van der Waals surface area contributed by atoms with Gasteiger partial charge in [0.15, 0.2) is 0 Å². The summed E-state index contributed by atoms with van der Waals surface area (Å²) in [4.78, 5) is 7.44. The van der Waals surface area contributed by atoms with Crippen LogP contribution >= 0.6 is 0 Å². The summed E-state index contributed by atoms with van der Waals surface area (Å²) in [5, 5.41) is 0. The fourth-order valence-corrected chi connectivity index (χ4v) is 1.56. The molecule has 0 atom stereocenters. The summed E-state index contributed by atoms with van der Waals surface area (Å²) >= 11 is 0. The van der Waals surface area contributed by atoms with Crippen LogP contribution in [0.1, 0.15) is 58.1 Å². The van der Waals surface area contributed by atoms with Crippen LogP contribution in [0.4, 0.5) is 4.39 Å². The van der Waals surface area contributed by atoms with Crippen LogP contribution in [-0.2, 0) is 0 Å². The number of aryl methyl sites for hydroxylation is 1. The van der Waals surface area contributed by atoms with Crippen molar-refractivity contribution in [2.45, 2.75) is 53.9 Å². The van der Waals surface area contributed by atoms with Crippen LogP contribution < -0.4 is 0 Å². The van der Waals surface area contributed by atoms with Gasteiger partial charge in [0.2, 0.25) is 0 Å². The monoisotopic (exact) mass is 306 g/mol. The SMILES string of the molecule is C=C(CCC)c1ccc(C)cc1F.CC.CCC=NC=NC. The molecule has 1 rings (SSSR count). The molecule has 0 radical (unpaired) electrons. The quantitative estimate of drug-likeness (QED) is 0.464. The molecule has 0 spiro atoms. The number of hydrogen-bond acceptors (Lipinski definition) is 1. The van der Waals surface area contributed by atoms with Crippen LogP contribution in [0.3, 0.4) is 0 Å². The highest BCUT2D eigenvalue weighted by molar-refractivity contribution is 5.71. The molecule has 22 heavy (non-hydrogen) atoms. The first-order valence-corrected chi connectivity index (χ1v) is 7.93. The van der Waals surface area contributed by atoms with Crippen LogP contribution in [0.15, 0.2) is 34.8 Å². The molecule has 0 aliphatic rings. The van der Waals surface area contributed by atoms with Crippen molar-refractivity contribution in [1.82, 2.24) is 0 Å². The third kappa shape index (κ3) is 11.0. The fraction of sp³-hybridized carbons (Fsp3) is 0.474. The van der Waals surface area contributed by atoms with E-state index in [-0.39, 0.29) is 5.82 Å². The summed E-state index contributed by atoms with van der Waals surface area (Å²) in [7, 11) is 1.70. The lowest BCUT2D eigenvalue weighted by Gasteiger charge is -2.06. The average Bonchev–Trinajstić information content (AvgIpc) is 2.50. The maximum atomic E-state index is 13.4. The molecular weight excluding hydrogens is 275 g/mol. The Morgan fingerprint density at radius 1 is 1.27 bits per heavy atom.